The first-order valence-corrected chi connectivity index (χ1v) is 10.5. The molecule has 1 saturated heterocycles. The molecule has 1 amide bonds. The predicted molar refractivity (Wildman–Crippen MR) is 123 cm³/mol. The Kier molecular flexibility index (Phi) is 7.46. The Morgan fingerprint density at radius 1 is 1.27 bits per heavy atom. The standard InChI is InChI=1S/C22H33N7O/c1-23-21(30)15-29-11-9-17(10-12-29)26-22(24-2)25-14-16-13-20(28(3)4)27-19-8-6-5-7-18(16)19/h5-8,13,17H,9-12,14-15H2,1-4H3,(H,23,30)(H2,24,25,26). The van der Waals surface area contributed by atoms with Crippen LogP contribution in [0.4, 0.5) is 5.82 Å². The highest BCUT2D eigenvalue weighted by Gasteiger charge is 2.21. The number of guanidine groups is 1. The third-order valence-electron chi connectivity index (χ3n) is 5.49. The molecule has 2 heterocycles. The first-order valence-electron chi connectivity index (χ1n) is 10.5. The lowest BCUT2D eigenvalue weighted by atomic mass is 10.1. The molecule has 8 heteroatoms. The van der Waals surface area contributed by atoms with Gasteiger partial charge in [0.05, 0.1) is 12.1 Å². The Hall–Kier alpha value is -2.87. The lowest BCUT2D eigenvalue weighted by Gasteiger charge is -2.32. The minimum absolute atomic E-state index is 0.0700. The van der Waals surface area contributed by atoms with Crippen molar-refractivity contribution in [2.24, 2.45) is 4.99 Å². The summed E-state index contributed by atoms with van der Waals surface area (Å²) >= 11 is 0. The van der Waals surface area contributed by atoms with Crippen molar-refractivity contribution in [3.8, 4) is 0 Å². The van der Waals surface area contributed by atoms with Crippen molar-refractivity contribution in [2.75, 3.05) is 52.7 Å². The van der Waals surface area contributed by atoms with Crippen LogP contribution in [-0.2, 0) is 11.3 Å². The SMILES string of the molecule is CN=C(NCc1cc(N(C)C)nc2ccccc12)NC1CCN(CC(=O)NC)CC1. The number of nitrogens with one attached hydrogen (secondary N) is 3. The van der Waals surface area contributed by atoms with Gasteiger partial charge in [0.25, 0.3) is 0 Å². The van der Waals surface area contributed by atoms with E-state index < -0.39 is 0 Å². The third-order valence-corrected chi connectivity index (χ3v) is 5.49. The lowest BCUT2D eigenvalue weighted by molar-refractivity contribution is -0.122. The molecule has 0 bridgehead atoms. The molecule has 1 fully saturated rings. The van der Waals surface area contributed by atoms with Crippen LogP contribution in [0.25, 0.3) is 10.9 Å². The number of carbonyl (C=O) groups is 1. The lowest BCUT2D eigenvalue weighted by Crippen LogP contribution is -2.49. The quantitative estimate of drug-likeness (QED) is 0.489. The smallest absolute Gasteiger partial charge is 0.233 e. The number of piperidine rings is 1. The zero-order valence-electron chi connectivity index (χ0n) is 18.4. The summed E-state index contributed by atoms with van der Waals surface area (Å²) in [5.41, 5.74) is 2.18. The normalized spacial score (nSPS) is 15.8. The summed E-state index contributed by atoms with van der Waals surface area (Å²) < 4.78 is 0. The van der Waals surface area contributed by atoms with E-state index in [9.17, 15) is 4.79 Å². The van der Waals surface area contributed by atoms with Crippen molar-refractivity contribution in [3.05, 3.63) is 35.9 Å². The van der Waals surface area contributed by atoms with Crippen LogP contribution in [0.15, 0.2) is 35.3 Å². The molecular weight excluding hydrogens is 378 g/mol. The minimum Gasteiger partial charge on any atom is -0.363 e. The number of aliphatic imine (C=N–C) groups is 1. The van der Waals surface area contributed by atoms with Gasteiger partial charge in [-0.3, -0.25) is 14.7 Å². The van der Waals surface area contributed by atoms with E-state index in [4.69, 9.17) is 4.98 Å². The first kappa shape index (κ1) is 21.8. The summed E-state index contributed by atoms with van der Waals surface area (Å²) in [6.45, 7) is 2.95. The molecule has 8 nitrogen and oxygen atoms in total. The molecule has 0 atom stereocenters. The minimum atomic E-state index is 0.0700. The number of nitrogens with zero attached hydrogens (tertiary/aromatic N) is 4. The molecule has 1 aliphatic heterocycles. The van der Waals surface area contributed by atoms with E-state index in [0.717, 1.165) is 48.6 Å². The highest BCUT2D eigenvalue weighted by molar-refractivity contribution is 5.85. The van der Waals surface area contributed by atoms with Gasteiger partial charge in [0, 0.05) is 59.3 Å². The van der Waals surface area contributed by atoms with Crippen molar-refractivity contribution in [1.82, 2.24) is 25.8 Å². The molecule has 0 saturated carbocycles. The number of pyridine rings is 1. The molecule has 0 spiro atoms. The van der Waals surface area contributed by atoms with Crippen molar-refractivity contribution in [2.45, 2.75) is 25.4 Å². The van der Waals surface area contributed by atoms with Crippen molar-refractivity contribution in [3.63, 3.8) is 0 Å². The number of anilines is 1. The fourth-order valence-electron chi connectivity index (χ4n) is 3.69. The zero-order chi connectivity index (χ0) is 21.5. The van der Waals surface area contributed by atoms with Crippen LogP contribution in [0, 0.1) is 0 Å². The number of amides is 1. The predicted octanol–water partition coefficient (Wildman–Crippen LogP) is 1.18. The average Bonchev–Trinajstić information content (AvgIpc) is 2.77. The van der Waals surface area contributed by atoms with Crippen LogP contribution in [0.5, 0.6) is 0 Å². The van der Waals surface area contributed by atoms with Gasteiger partial charge < -0.3 is 20.9 Å². The largest absolute Gasteiger partial charge is 0.363 e. The maximum absolute atomic E-state index is 11.6. The zero-order valence-corrected chi connectivity index (χ0v) is 18.4. The number of rotatable bonds is 6. The van der Waals surface area contributed by atoms with Crippen molar-refractivity contribution >= 4 is 28.6 Å². The Morgan fingerprint density at radius 2 is 2.00 bits per heavy atom. The van der Waals surface area contributed by atoms with E-state index in [1.54, 1.807) is 14.1 Å². The Labute approximate surface area is 178 Å². The number of carbonyl (C=O) groups excluding carboxylic acids is 1. The maximum atomic E-state index is 11.6. The van der Waals surface area contributed by atoms with E-state index in [1.807, 2.05) is 37.2 Å². The number of hydrogen-bond acceptors (Lipinski definition) is 5. The van der Waals surface area contributed by atoms with E-state index in [1.165, 1.54) is 5.56 Å². The first-order chi connectivity index (χ1) is 14.5. The molecule has 3 N–H and O–H groups in total. The molecule has 2 aromatic rings. The van der Waals surface area contributed by atoms with E-state index >= 15 is 0 Å². The highest BCUT2D eigenvalue weighted by atomic mass is 16.1. The van der Waals surface area contributed by atoms with Crippen LogP contribution in [0.3, 0.4) is 0 Å². The van der Waals surface area contributed by atoms with Gasteiger partial charge >= 0.3 is 0 Å². The van der Waals surface area contributed by atoms with E-state index in [-0.39, 0.29) is 5.91 Å². The van der Waals surface area contributed by atoms with Gasteiger partial charge in [-0.25, -0.2) is 4.98 Å². The van der Waals surface area contributed by atoms with Crippen molar-refractivity contribution in [1.29, 1.82) is 0 Å². The molecule has 30 heavy (non-hydrogen) atoms. The monoisotopic (exact) mass is 411 g/mol. The fourth-order valence-corrected chi connectivity index (χ4v) is 3.69. The molecule has 1 aliphatic rings. The molecule has 1 aromatic heterocycles. The Balaban J connectivity index is 1.59. The van der Waals surface area contributed by atoms with Gasteiger partial charge in [0.15, 0.2) is 5.96 Å². The highest BCUT2D eigenvalue weighted by Crippen LogP contribution is 2.22. The second kappa shape index (κ2) is 10.2. The molecule has 0 aliphatic carbocycles. The summed E-state index contributed by atoms with van der Waals surface area (Å²) in [7, 11) is 7.49. The van der Waals surface area contributed by atoms with Crippen molar-refractivity contribution < 1.29 is 4.79 Å². The molecule has 0 radical (unpaired) electrons. The van der Waals surface area contributed by atoms with Gasteiger partial charge in [-0.05, 0) is 30.5 Å². The summed E-state index contributed by atoms with van der Waals surface area (Å²) in [5, 5.41) is 10.8. The molecule has 1 aromatic carbocycles. The second-order valence-electron chi connectivity index (χ2n) is 7.84. The van der Waals surface area contributed by atoms with Crippen LogP contribution in [0.2, 0.25) is 0 Å². The van der Waals surface area contributed by atoms with Gasteiger partial charge in [0.1, 0.15) is 5.82 Å². The van der Waals surface area contributed by atoms with E-state index in [0.29, 0.717) is 19.1 Å². The second-order valence-corrected chi connectivity index (χ2v) is 7.84. The number of hydrogen-bond donors (Lipinski definition) is 3. The van der Waals surface area contributed by atoms with Crippen LogP contribution >= 0.6 is 0 Å². The van der Waals surface area contributed by atoms with Crippen LogP contribution < -0.4 is 20.9 Å². The van der Waals surface area contributed by atoms with Crippen LogP contribution in [-0.4, -0.2) is 75.6 Å². The average molecular weight is 412 g/mol. The number of likely N-dealkylation sites (N-methyl/N-ethyl adjacent to an activating group) is 1. The Bertz CT molecular complexity index is 888. The van der Waals surface area contributed by atoms with Gasteiger partial charge in [-0.15, -0.1) is 0 Å². The fraction of sp³-hybridized carbons (Fsp3) is 0.500. The van der Waals surface area contributed by atoms with Gasteiger partial charge in [-0.2, -0.15) is 0 Å². The molecular formula is C22H33N7O. The number of para-hydroxylation sites is 1. The topological polar surface area (TPSA) is 84.9 Å². The van der Waals surface area contributed by atoms with Gasteiger partial charge in [0.2, 0.25) is 5.91 Å². The third kappa shape index (κ3) is 5.60. The van der Waals surface area contributed by atoms with Crippen LogP contribution in [0.1, 0.15) is 18.4 Å². The summed E-state index contributed by atoms with van der Waals surface area (Å²) in [4.78, 5) is 24.9. The molecule has 3 rings (SSSR count). The summed E-state index contributed by atoms with van der Waals surface area (Å²) in [5.74, 6) is 1.81. The summed E-state index contributed by atoms with van der Waals surface area (Å²) in [6, 6.07) is 10.7. The number of likely N-dealkylation sites (tertiary alicyclic amines) is 1. The number of benzene rings is 1. The van der Waals surface area contributed by atoms with E-state index in [2.05, 4.69) is 38.0 Å². The Morgan fingerprint density at radius 3 is 2.67 bits per heavy atom. The maximum Gasteiger partial charge on any atom is 0.233 e. The number of aromatic nitrogens is 1. The molecule has 0 unspecified atom stereocenters. The number of fused-ring (bicyclic) bond motifs is 1. The summed E-state index contributed by atoms with van der Waals surface area (Å²) in [6.07, 6.45) is 1.97. The van der Waals surface area contributed by atoms with Gasteiger partial charge in [-0.1, -0.05) is 18.2 Å². The molecule has 162 valence electrons.